The van der Waals surface area contributed by atoms with Crippen LogP contribution < -0.4 is 10.0 Å². The van der Waals surface area contributed by atoms with Crippen LogP contribution in [0.25, 0.3) is 0 Å². The highest BCUT2D eigenvalue weighted by Crippen LogP contribution is 2.21. The average Bonchev–Trinajstić information content (AvgIpc) is 2.67. The molecule has 0 aromatic heterocycles. The molecule has 0 aliphatic rings. The summed E-state index contributed by atoms with van der Waals surface area (Å²) in [7, 11) is -4.14. The van der Waals surface area contributed by atoms with Crippen molar-refractivity contribution in [3.05, 3.63) is 88.2 Å². The van der Waals surface area contributed by atoms with Gasteiger partial charge in [-0.15, -0.1) is 0 Å². The van der Waals surface area contributed by atoms with E-state index in [-0.39, 0.29) is 11.3 Å². The fourth-order valence-corrected chi connectivity index (χ4v) is 3.78. The summed E-state index contributed by atoms with van der Waals surface area (Å²) in [6.07, 6.45) is 0. The Balaban J connectivity index is 1.73. The van der Waals surface area contributed by atoms with Crippen LogP contribution in [0.2, 0.25) is 0 Å². The van der Waals surface area contributed by atoms with Crippen LogP contribution in [0.3, 0.4) is 0 Å². The molecule has 0 bridgehead atoms. The lowest BCUT2D eigenvalue weighted by Crippen LogP contribution is -2.15. The van der Waals surface area contributed by atoms with Gasteiger partial charge in [-0.25, -0.2) is 21.6 Å². The maximum absolute atomic E-state index is 13.8. The maximum Gasteiger partial charge on any atom is 0.261 e. The second-order valence-corrected chi connectivity index (χ2v) is 8.44. The van der Waals surface area contributed by atoms with Crippen LogP contribution in [0.4, 0.5) is 24.5 Å². The number of anilines is 2. The smallest absolute Gasteiger partial charge is 0.261 e. The molecule has 0 spiro atoms. The van der Waals surface area contributed by atoms with E-state index in [9.17, 15) is 26.4 Å². The standard InChI is InChI=1S/C19H12BrF3N2O3S/c20-11-1-7-16(21)15(9-11)19(26)24-12-2-4-13(5-3-12)25-29(27,28)14-6-8-17(22)18(23)10-14/h1-10,25H,(H,24,26). The Labute approximate surface area is 172 Å². The summed E-state index contributed by atoms with van der Waals surface area (Å²) >= 11 is 3.16. The van der Waals surface area contributed by atoms with Gasteiger partial charge < -0.3 is 5.32 Å². The predicted molar refractivity (Wildman–Crippen MR) is 106 cm³/mol. The first kappa shape index (κ1) is 20.9. The second kappa shape index (κ2) is 8.26. The summed E-state index contributed by atoms with van der Waals surface area (Å²) in [4.78, 5) is 11.8. The van der Waals surface area contributed by atoms with Gasteiger partial charge in [-0.2, -0.15) is 0 Å². The molecule has 0 aliphatic heterocycles. The molecule has 3 aromatic rings. The highest BCUT2D eigenvalue weighted by Gasteiger charge is 2.17. The van der Waals surface area contributed by atoms with Crippen molar-refractivity contribution >= 4 is 43.2 Å². The van der Waals surface area contributed by atoms with Crippen LogP contribution >= 0.6 is 15.9 Å². The number of sulfonamides is 1. The quantitative estimate of drug-likeness (QED) is 0.539. The number of amides is 1. The molecule has 0 atom stereocenters. The minimum atomic E-state index is -4.14. The number of carbonyl (C=O) groups excluding carboxylic acids is 1. The summed E-state index contributed by atoms with van der Waals surface area (Å²) in [5.74, 6) is -3.82. The van der Waals surface area contributed by atoms with Crippen molar-refractivity contribution in [1.82, 2.24) is 0 Å². The Hall–Kier alpha value is -2.85. The van der Waals surface area contributed by atoms with Crippen molar-refractivity contribution in [2.45, 2.75) is 4.90 Å². The Morgan fingerprint density at radius 2 is 1.41 bits per heavy atom. The Morgan fingerprint density at radius 3 is 2.07 bits per heavy atom. The third-order valence-electron chi connectivity index (χ3n) is 3.77. The highest BCUT2D eigenvalue weighted by atomic mass is 79.9. The van der Waals surface area contributed by atoms with Crippen molar-refractivity contribution in [3.8, 4) is 0 Å². The Bertz CT molecular complexity index is 1190. The van der Waals surface area contributed by atoms with Crippen LogP contribution in [0, 0.1) is 17.5 Å². The molecule has 150 valence electrons. The monoisotopic (exact) mass is 484 g/mol. The summed E-state index contributed by atoms with van der Waals surface area (Å²) in [6, 6.07) is 11.6. The van der Waals surface area contributed by atoms with E-state index >= 15 is 0 Å². The first-order chi connectivity index (χ1) is 13.7. The molecule has 3 aromatic carbocycles. The van der Waals surface area contributed by atoms with Crippen molar-refractivity contribution in [2.75, 3.05) is 10.0 Å². The molecule has 29 heavy (non-hydrogen) atoms. The number of hydrogen-bond acceptors (Lipinski definition) is 3. The van der Waals surface area contributed by atoms with Gasteiger partial charge in [0.2, 0.25) is 0 Å². The molecule has 0 saturated heterocycles. The van der Waals surface area contributed by atoms with Crippen LogP contribution in [-0.2, 0) is 10.0 Å². The van der Waals surface area contributed by atoms with Gasteiger partial charge in [-0.1, -0.05) is 15.9 Å². The molecule has 1 amide bonds. The lowest BCUT2D eigenvalue weighted by molar-refractivity contribution is 0.102. The normalized spacial score (nSPS) is 11.2. The maximum atomic E-state index is 13.8. The molecule has 0 unspecified atom stereocenters. The van der Waals surface area contributed by atoms with E-state index in [0.29, 0.717) is 22.3 Å². The third kappa shape index (κ3) is 4.96. The van der Waals surface area contributed by atoms with Gasteiger partial charge in [0.25, 0.3) is 15.9 Å². The Kier molecular flexibility index (Phi) is 5.94. The number of carbonyl (C=O) groups is 1. The molecule has 0 heterocycles. The molecule has 10 heteroatoms. The zero-order valence-electron chi connectivity index (χ0n) is 14.4. The fraction of sp³-hybridized carbons (Fsp3) is 0. The second-order valence-electron chi connectivity index (χ2n) is 5.84. The molecule has 0 aliphatic carbocycles. The average molecular weight is 485 g/mol. The van der Waals surface area contributed by atoms with Gasteiger partial charge >= 0.3 is 0 Å². The van der Waals surface area contributed by atoms with Gasteiger partial charge in [0.1, 0.15) is 5.82 Å². The molecule has 0 saturated carbocycles. The van der Waals surface area contributed by atoms with Crippen LogP contribution in [-0.4, -0.2) is 14.3 Å². The number of benzene rings is 3. The van der Waals surface area contributed by atoms with E-state index in [0.717, 1.165) is 12.1 Å². The van der Waals surface area contributed by atoms with Gasteiger partial charge in [0, 0.05) is 15.8 Å². The van der Waals surface area contributed by atoms with E-state index in [1.54, 1.807) is 0 Å². The van der Waals surface area contributed by atoms with Gasteiger partial charge in [0.05, 0.1) is 10.5 Å². The number of halogens is 4. The number of rotatable bonds is 5. The van der Waals surface area contributed by atoms with Gasteiger partial charge in [0.15, 0.2) is 11.6 Å². The number of hydrogen-bond donors (Lipinski definition) is 2. The van der Waals surface area contributed by atoms with Gasteiger partial charge in [-0.05, 0) is 60.7 Å². The Morgan fingerprint density at radius 1 is 0.793 bits per heavy atom. The van der Waals surface area contributed by atoms with E-state index in [1.165, 1.54) is 36.4 Å². The third-order valence-corrected chi connectivity index (χ3v) is 5.64. The van der Waals surface area contributed by atoms with Crippen molar-refractivity contribution in [1.29, 1.82) is 0 Å². The summed E-state index contributed by atoms with van der Waals surface area (Å²) < 4.78 is 67.3. The molecule has 2 N–H and O–H groups in total. The van der Waals surface area contributed by atoms with Crippen LogP contribution in [0.15, 0.2) is 70.0 Å². The summed E-state index contributed by atoms with van der Waals surface area (Å²) in [6.45, 7) is 0. The first-order valence-corrected chi connectivity index (χ1v) is 10.3. The van der Waals surface area contributed by atoms with E-state index in [2.05, 4.69) is 26.0 Å². The predicted octanol–water partition coefficient (Wildman–Crippen LogP) is 4.92. The van der Waals surface area contributed by atoms with Crippen LogP contribution in [0.1, 0.15) is 10.4 Å². The molecule has 0 radical (unpaired) electrons. The molecule has 5 nitrogen and oxygen atoms in total. The molecular weight excluding hydrogens is 473 g/mol. The minimum Gasteiger partial charge on any atom is -0.322 e. The van der Waals surface area contributed by atoms with E-state index in [4.69, 9.17) is 0 Å². The van der Waals surface area contributed by atoms with Crippen molar-refractivity contribution < 1.29 is 26.4 Å². The van der Waals surface area contributed by atoms with E-state index in [1.807, 2.05) is 0 Å². The van der Waals surface area contributed by atoms with E-state index < -0.39 is 38.3 Å². The van der Waals surface area contributed by atoms with Crippen molar-refractivity contribution in [2.24, 2.45) is 0 Å². The van der Waals surface area contributed by atoms with Gasteiger partial charge in [-0.3, -0.25) is 9.52 Å². The lowest BCUT2D eigenvalue weighted by atomic mass is 10.2. The fourth-order valence-electron chi connectivity index (χ4n) is 2.35. The lowest BCUT2D eigenvalue weighted by Gasteiger charge is -2.10. The van der Waals surface area contributed by atoms with Crippen LogP contribution in [0.5, 0.6) is 0 Å². The first-order valence-electron chi connectivity index (χ1n) is 8.00. The molecule has 0 fully saturated rings. The topological polar surface area (TPSA) is 75.3 Å². The summed E-state index contributed by atoms with van der Waals surface area (Å²) in [5, 5.41) is 2.49. The number of nitrogens with one attached hydrogen (secondary N) is 2. The summed E-state index contributed by atoms with van der Waals surface area (Å²) in [5.41, 5.74) is 0.258. The molecular formula is C19H12BrF3N2O3S. The zero-order chi connectivity index (χ0) is 21.2. The minimum absolute atomic E-state index is 0.126. The molecule has 3 rings (SSSR count). The highest BCUT2D eigenvalue weighted by molar-refractivity contribution is 9.10. The zero-order valence-corrected chi connectivity index (χ0v) is 16.8. The SMILES string of the molecule is O=C(Nc1ccc(NS(=O)(=O)c2ccc(F)c(F)c2)cc1)c1cc(Br)ccc1F. The van der Waals surface area contributed by atoms with Crippen molar-refractivity contribution in [3.63, 3.8) is 0 Å². The largest absolute Gasteiger partial charge is 0.322 e.